The normalized spacial score (nSPS) is 16.6. The summed E-state index contributed by atoms with van der Waals surface area (Å²) in [6, 6.07) is 12.6. The minimum Gasteiger partial charge on any atom is -0.492 e. The van der Waals surface area contributed by atoms with E-state index in [1.54, 1.807) is 50.2 Å². The summed E-state index contributed by atoms with van der Waals surface area (Å²) in [5.41, 5.74) is 21.9. The first kappa shape index (κ1) is 55.4. The summed E-state index contributed by atoms with van der Waals surface area (Å²) in [7, 11) is 1.33. The average molecular weight is 991 g/mol. The summed E-state index contributed by atoms with van der Waals surface area (Å²) >= 11 is 0. The molecule has 0 fully saturated rings. The second-order valence-corrected chi connectivity index (χ2v) is 18.4. The monoisotopic (exact) mass is 991 g/mol. The van der Waals surface area contributed by atoms with Gasteiger partial charge in [0.05, 0.1) is 29.6 Å². The van der Waals surface area contributed by atoms with Crippen LogP contribution in [0.25, 0.3) is 22.5 Å². The number of aliphatic hydroxyl groups excluding tert-OH is 1. The minimum absolute atomic E-state index is 0.0320. The fourth-order valence-electron chi connectivity index (χ4n) is 8.12. The molecule has 21 nitrogen and oxygen atoms in total. The number of amides is 6. The summed E-state index contributed by atoms with van der Waals surface area (Å²) < 4.78 is 12.2. The molecule has 1 aromatic heterocycles. The molecule has 4 bridgehead atoms. The zero-order valence-electron chi connectivity index (χ0n) is 41.8. The zero-order valence-corrected chi connectivity index (χ0v) is 41.8. The lowest BCUT2D eigenvalue weighted by molar-refractivity contribution is -0.143. The number of benzene rings is 3. The number of hydrogen-bond donors (Lipinski definition) is 9. The summed E-state index contributed by atoms with van der Waals surface area (Å²) in [6.45, 7) is 10.2. The van der Waals surface area contributed by atoms with Crippen molar-refractivity contribution < 1.29 is 43.3 Å². The Kier molecular flexibility index (Phi) is 19.3. The standard InChI is InChI=1S/C51H66N12O9/c1-28-42(29(2)58-44(57-28)32-9-12-34(13-10-32)51(4,5)6)48(68)62-39(27-64)47(67)60-37(16-17-52)50(70)63(7)43-33-11-15-41(72-23-20-55)36(26-33)35-24-31(8-14-40(35)71-22-19-54)25-38(46(66)56-21-18-53)61-45(65)30(3)59-49(43)69/h8-15,24,26,30,37-39,43,64H,16-17,19-23,25,27,52,54-55H2,1-7H3,(H,56,66)(H,59,69)(H,60,67)(H,61,65)(H,62,68)/t30-,37-,38-,39-,43-/m0/s1. The number of carbonyl (C=O) groups excluding carboxylic acids is 6. The van der Waals surface area contributed by atoms with Crippen LogP contribution in [0.1, 0.15) is 78.6 Å². The average Bonchev–Trinajstić information content (AvgIpc) is 3.34. The molecule has 72 heavy (non-hydrogen) atoms. The second-order valence-electron chi connectivity index (χ2n) is 18.4. The molecule has 0 aliphatic carbocycles. The Morgan fingerprint density at radius 1 is 0.861 bits per heavy atom. The first-order valence-corrected chi connectivity index (χ1v) is 23.6. The van der Waals surface area contributed by atoms with E-state index in [2.05, 4.69) is 57.3 Å². The van der Waals surface area contributed by atoms with Crippen molar-refractivity contribution in [2.45, 2.75) is 90.0 Å². The third-order valence-corrected chi connectivity index (χ3v) is 11.9. The van der Waals surface area contributed by atoms with Gasteiger partial charge in [-0.2, -0.15) is 5.26 Å². The number of nitrogens with two attached hydrogens (primary N) is 3. The van der Waals surface area contributed by atoms with Gasteiger partial charge in [0, 0.05) is 43.2 Å². The van der Waals surface area contributed by atoms with E-state index in [9.17, 15) is 39.1 Å². The maximum Gasteiger partial charge on any atom is 0.255 e. The predicted octanol–water partition coefficient (Wildman–Crippen LogP) is 0.709. The lowest BCUT2D eigenvalue weighted by Gasteiger charge is -2.33. The molecule has 0 spiro atoms. The van der Waals surface area contributed by atoms with Crippen molar-refractivity contribution in [3.63, 3.8) is 0 Å². The van der Waals surface area contributed by atoms with Gasteiger partial charge in [-0.1, -0.05) is 57.2 Å². The molecule has 5 rings (SSSR count). The molecule has 4 aromatic rings. The number of aryl methyl sites for hydroxylation is 2. The fourth-order valence-corrected chi connectivity index (χ4v) is 8.12. The molecular weight excluding hydrogens is 925 g/mol. The number of aliphatic hydroxyl groups is 1. The van der Waals surface area contributed by atoms with Crippen LogP contribution in [0.2, 0.25) is 0 Å². The number of nitrogens with zero attached hydrogens (tertiary/aromatic N) is 4. The number of carbonyl (C=O) groups is 6. The van der Waals surface area contributed by atoms with Gasteiger partial charge in [-0.3, -0.25) is 28.8 Å². The molecule has 12 N–H and O–H groups in total. The molecule has 384 valence electrons. The topological polar surface area (TPSA) is 332 Å². The Bertz CT molecular complexity index is 2640. The van der Waals surface area contributed by atoms with Gasteiger partial charge in [0.15, 0.2) is 5.82 Å². The van der Waals surface area contributed by atoms with Crippen molar-refractivity contribution in [1.82, 2.24) is 41.5 Å². The van der Waals surface area contributed by atoms with E-state index < -0.39 is 72.3 Å². The SMILES string of the molecule is Cc1nc(-c2ccc(C(C)(C)C)cc2)nc(C)c1C(=O)N[C@@H](CO)C(=O)N[C@@H](CCN)C(=O)N(C)[C@@H]1C(=O)N[C@@H](C)C(=O)N[C@H](C(=O)NCC#N)Cc2ccc(OCCN)c(c2)-c2cc1ccc2OCCN. The minimum atomic E-state index is -1.56. The predicted molar refractivity (Wildman–Crippen MR) is 268 cm³/mol. The highest BCUT2D eigenvalue weighted by Crippen LogP contribution is 2.40. The quantitative estimate of drug-likeness (QED) is 0.0620. The number of fused-ring (bicyclic) bond motifs is 5. The van der Waals surface area contributed by atoms with E-state index in [0.717, 1.165) is 16.0 Å². The van der Waals surface area contributed by atoms with Gasteiger partial charge in [-0.05, 0) is 80.1 Å². The van der Waals surface area contributed by atoms with Crippen molar-refractivity contribution >= 4 is 35.4 Å². The summed E-state index contributed by atoms with van der Waals surface area (Å²) in [6.07, 6.45) is -0.171. The van der Waals surface area contributed by atoms with Gasteiger partial charge < -0.3 is 63.3 Å². The van der Waals surface area contributed by atoms with Gasteiger partial charge >= 0.3 is 0 Å². The third kappa shape index (κ3) is 13.7. The number of ether oxygens (including phenoxy) is 2. The first-order chi connectivity index (χ1) is 34.3. The summed E-state index contributed by atoms with van der Waals surface area (Å²) in [5, 5.41) is 32.6. The van der Waals surface area contributed by atoms with E-state index >= 15 is 0 Å². The maximum atomic E-state index is 14.7. The van der Waals surface area contributed by atoms with Crippen LogP contribution in [-0.2, 0) is 35.8 Å². The Labute approximate surface area is 419 Å². The van der Waals surface area contributed by atoms with Crippen LogP contribution in [0, 0.1) is 25.2 Å². The Balaban J connectivity index is 1.49. The van der Waals surface area contributed by atoms with Crippen molar-refractivity contribution in [2.24, 2.45) is 17.2 Å². The van der Waals surface area contributed by atoms with E-state index in [4.69, 9.17) is 26.7 Å². The third-order valence-electron chi connectivity index (χ3n) is 11.9. The van der Waals surface area contributed by atoms with Crippen LogP contribution >= 0.6 is 0 Å². The van der Waals surface area contributed by atoms with E-state index in [1.807, 2.05) is 30.3 Å². The zero-order chi connectivity index (χ0) is 52.9. The molecule has 1 aliphatic rings. The Hall–Kier alpha value is -7.51. The van der Waals surface area contributed by atoms with Crippen LogP contribution in [0.5, 0.6) is 11.5 Å². The molecule has 5 atom stereocenters. The molecule has 1 aliphatic heterocycles. The fraction of sp³-hybridized carbons (Fsp3) is 0.431. The second kappa shape index (κ2) is 25.0. The van der Waals surface area contributed by atoms with Gasteiger partial charge in [0.25, 0.3) is 5.91 Å². The lowest BCUT2D eigenvalue weighted by Crippen LogP contribution is -2.57. The summed E-state index contributed by atoms with van der Waals surface area (Å²) in [5.74, 6) is -3.61. The molecule has 0 radical (unpaired) electrons. The number of aromatic nitrogens is 2. The number of hydrogen-bond acceptors (Lipinski definition) is 15. The number of nitrogens with one attached hydrogen (secondary N) is 5. The van der Waals surface area contributed by atoms with E-state index in [0.29, 0.717) is 45.4 Å². The number of nitriles is 1. The Morgan fingerprint density at radius 2 is 1.47 bits per heavy atom. The number of likely N-dealkylation sites (N-methyl/N-ethyl adjacent to an activating group) is 1. The molecule has 3 aromatic carbocycles. The first-order valence-electron chi connectivity index (χ1n) is 23.6. The van der Waals surface area contributed by atoms with E-state index in [1.165, 1.54) is 14.0 Å². The van der Waals surface area contributed by atoms with Gasteiger partial charge in [0.2, 0.25) is 29.5 Å². The highest BCUT2D eigenvalue weighted by molar-refractivity contribution is 6.01. The van der Waals surface area contributed by atoms with Crippen LogP contribution in [0.15, 0.2) is 60.7 Å². The molecule has 2 heterocycles. The largest absolute Gasteiger partial charge is 0.492 e. The van der Waals surface area contributed by atoms with Gasteiger partial charge in [0.1, 0.15) is 61.5 Å². The highest BCUT2D eigenvalue weighted by atomic mass is 16.5. The van der Waals surface area contributed by atoms with Crippen molar-refractivity contribution in [3.05, 3.63) is 94.3 Å². The number of rotatable bonds is 18. The van der Waals surface area contributed by atoms with Crippen molar-refractivity contribution in [3.8, 4) is 40.1 Å². The van der Waals surface area contributed by atoms with Crippen LogP contribution < -0.4 is 53.3 Å². The maximum absolute atomic E-state index is 14.7. The molecule has 0 saturated heterocycles. The Morgan fingerprint density at radius 3 is 2.04 bits per heavy atom. The van der Waals surface area contributed by atoms with E-state index in [-0.39, 0.29) is 68.8 Å². The highest BCUT2D eigenvalue weighted by Gasteiger charge is 2.37. The molecule has 21 heteroatoms. The van der Waals surface area contributed by atoms with Crippen LogP contribution in [0.3, 0.4) is 0 Å². The lowest BCUT2D eigenvalue weighted by atomic mass is 9.86. The molecule has 0 saturated carbocycles. The van der Waals surface area contributed by atoms with Crippen molar-refractivity contribution in [2.75, 3.05) is 53.0 Å². The van der Waals surface area contributed by atoms with Crippen molar-refractivity contribution in [1.29, 1.82) is 5.26 Å². The molecule has 6 amide bonds. The molecule has 0 unspecified atom stereocenters. The molecular formula is C51H66N12O9. The van der Waals surface area contributed by atoms with Gasteiger partial charge in [-0.25, -0.2) is 9.97 Å². The summed E-state index contributed by atoms with van der Waals surface area (Å²) in [4.78, 5) is 94.4. The smallest absolute Gasteiger partial charge is 0.255 e. The van der Waals surface area contributed by atoms with Crippen LogP contribution in [-0.4, -0.2) is 133 Å². The van der Waals surface area contributed by atoms with Crippen LogP contribution in [0.4, 0.5) is 0 Å². The van der Waals surface area contributed by atoms with Gasteiger partial charge in [-0.15, -0.1) is 0 Å².